The van der Waals surface area contributed by atoms with Gasteiger partial charge in [0.2, 0.25) is 0 Å². The predicted molar refractivity (Wildman–Crippen MR) is 69.0 cm³/mol. The van der Waals surface area contributed by atoms with Crippen molar-refractivity contribution in [2.24, 2.45) is 0 Å². The summed E-state index contributed by atoms with van der Waals surface area (Å²) in [7, 11) is 3.70. The van der Waals surface area contributed by atoms with Gasteiger partial charge in [0.1, 0.15) is 5.75 Å². The number of hydrogen-bond acceptors (Lipinski definition) is 2. The van der Waals surface area contributed by atoms with Crippen LogP contribution in [0.5, 0.6) is 5.75 Å². The van der Waals surface area contributed by atoms with Crippen molar-refractivity contribution in [2.75, 3.05) is 14.2 Å². The summed E-state index contributed by atoms with van der Waals surface area (Å²) < 4.78 is 5.34. The standard InChI is InChI=1S/C14H21NO/c1-5-6-7-13(15-3)12-9-8-11(2)14(10-12)16-4/h5,8-10,13,15H,1,6-7H2,2-4H3. The Hall–Kier alpha value is -1.28. The van der Waals surface area contributed by atoms with Crippen molar-refractivity contribution in [1.29, 1.82) is 0 Å². The second-order valence-corrected chi connectivity index (χ2v) is 3.94. The molecule has 0 aliphatic rings. The Morgan fingerprint density at radius 2 is 2.25 bits per heavy atom. The molecular weight excluding hydrogens is 198 g/mol. The van der Waals surface area contributed by atoms with Crippen LogP contribution in [-0.2, 0) is 0 Å². The number of rotatable bonds is 6. The van der Waals surface area contributed by atoms with Gasteiger partial charge in [0.25, 0.3) is 0 Å². The number of ether oxygens (including phenoxy) is 1. The Morgan fingerprint density at radius 1 is 1.50 bits per heavy atom. The lowest BCUT2D eigenvalue weighted by atomic mass is 10.0. The van der Waals surface area contributed by atoms with Crippen LogP contribution in [0.1, 0.15) is 30.0 Å². The lowest BCUT2D eigenvalue weighted by Gasteiger charge is -2.17. The van der Waals surface area contributed by atoms with E-state index in [0.29, 0.717) is 6.04 Å². The molecule has 1 rings (SSSR count). The Balaban J connectivity index is 2.87. The fourth-order valence-electron chi connectivity index (χ4n) is 1.82. The zero-order valence-corrected chi connectivity index (χ0v) is 10.4. The highest BCUT2D eigenvalue weighted by Crippen LogP contribution is 2.25. The highest BCUT2D eigenvalue weighted by Gasteiger charge is 2.09. The van der Waals surface area contributed by atoms with E-state index < -0.39 is 0 Å². The first-order valence-corrected chi connectivity index (χ1v) is 5.65. The average Bonchev–Trinajstić information content (AvgIpc) is 2.32. The summed E-state index contributed by atoms with van der Waals surface area (Å²) in [5.41, 5.74) is 2.44. The van der Waals surface area contributed by atoms with E-state index >= 15 is 0 Å². The molecule has 0 aliphatic heterocycles. The Morgan fingerprint density at radius 3 is 2.81 bits per heavy atom. The summed E-state index contributed by atoms with van der Waals surface area (Å²) in [6, 6.07) is 6.74. The molecule has 0 saturated heterocycles. The highest BCUT2D eigenvalue weighted by atomic mass is 16.5. The second kappa shape index (κ2) is 6.33. The Kier molecular flexibility index (Phi) is 5.06. The summed E-state index contributed by atoms with van der Waals surface area (Å²) in [4.78, 5) is 0. The summed E-state index contributed by atoms with van der Waals surface area (Å²) in [6.45, 7) is 5.81. The normalized spacial score (nSPS) is 12.2. The fourth-order valence-corrected chi connectivity index (χ4v) is 1.82. The van der Waals surface area contributed by atoms with E-state index in [1.165, 1.54) is 11.1 Å². The first kappa shape index (κ1) is 12.8. The Bertz CT molecular complexity index is 347. The molecule has 1 atom stereocenters. The first-order chi connectivity index (χ1) is 7.72. The van der Waals surface area contributed by atoms with Gasteiger partial charge in [-0.05, 0) is 44.0 Å². The van der Waals surface area contributed by atoms with Gasteiger partial charge < -0.3 is 10.1 Å². The van der Waals surface area contributed by atoms with E-state index in [4.69, 9.17) is 4.74 Å². The van der Waals surface area contributed by atoms with Crippen LogP contribution < -0.4 is 10.1 Å². The molecule has 0 fully saturated rings. The van der Waals surface area contributed by atoms with Gasteiger partial charge in [-0.3, -0.25) is 0 Å². The van der Waals surface area contributed by atoms with E-state index in [9.17, 15) is 0 Å². The average molecular weight is 219 g/mol. The molecular formula is C14H21NO. The third-order valence-corrected chi connectivity index (χ3v) is 2.84. The van der Waals surface area contributed by atoms with Gasteiger partial charge in [-0.15, -0.1) is 6.58 Å². The largest absolute Gasteiger partial charge is 0.496 e. The molecule has 2 nitrogen and oxygen atoms in total. The zero-order chi connectivity index (χ0) is 12.0. The molecule has 0 radical (unpaired) electrons. The molecule has 88 valence electrons. The second-order valence-electron chi connectivity index (χ2n) is 3.94. The minimum Gasteiger partial charge on any atom is -0.496 e. The third-order valence-electron chi connectivity index (χ3n) is 2.84. The monoisotopic (exact) mass is 219 g/mol. The maximum absolute atomic E-state index is 5.34. The molecule has 0 amide bonds. The molecule has 0 aromatic heterocycles. The summed E-state index contributed by atoms with van der Waals surface area (Å²) >= 11 is 0. The van der Waals surface area contributed by atoms with Crippen LogP contribution in [0.4, 0.5) is 0 Å². The number of methoxy groups -OCH3 is 1. The fraction of sp³-hybridized carbons (Fsp3) is 0.429. The van der Waals surface area contributed by atoms with Crippen LogP contribution in [0, 0.1) is 6.92 Å². The van der Waals surface area contributed by atoms with Gasteiger partial charge in [0, 0.05) is 6.04 Å². The molecule has 1 unspecified atom stereocenters. The smallest absolute Gasteiger partial charge is 0.122 e. The summed E-state index contributed by atoms with van der Waals surface area (Å²) in [5.74, 6) is 0.955. The summed E-state index contributed by atoms with van der Waals surface area (Å²) in [6.07, 6.45) is 4.03. The van der Waals surface area contributed by atoms with E-state index in [1.54, 1.807) is 7.11 Å². The number of aryl methyl sites for hydroxylation is 1. The van der Waals surface area contributed by atoms with Gasteiger partial charge in [-0.2, -0.15) is 0 Å². The molecule has 1 aromatic rings. The summed E-state index contributed by atoms with van der Waals surface area (Å²) in [5, 5.41) is 3.32. The van der Waals surface area contributed by atoms with Gasteiger partial charge in [-0.1, -0.05) is 18.2 Å². The molecule has 16 heavy (non-hydrogen) atoms. The van der Waals surface area contributed by atoms with Gasteiger partial charge in [-0.25, -0.2) is 0 Å². The van der Waals surface area contributed by atoms with Crippen LogP contribution in [0.2, 0.25) is 0 Å². The molecule has 0 heterocycles. The van der Waals surface area contributed by atoms with E-state index in [-0.39, 0.29) is 0 Å². The van der Waals surface area contributed by atoms with Crippen LogP contribution in [-0.4, -0.2) is 14.2 Å². The highest BCUT2D eigenvalue weighted by molar-refractivity contribution is 5.37. The van der Waals surface area contributed by atoms with Crippen molar-refractivity contribution >= 4 is 0 Å². The van der Waals surface area contributed by atoms with Crippen LogP contribution in [0.25, 0.3) is 0 Å². The van der Waals surface area contributed by atoms with Crippen molar-refractivity contribution in [3.8, 4) is 5.75 Å². The van der Waals surface area contributed by atoms with Crippen molar-refractivity contribution in [2.45, 2.75) is 25.8 Å². The Labute approximate surface area is 98.3 Å². The van der Waals surface area contributed by atoms with Crippen LogP contribution in [0.3, 0.4) is 0 Å². The van der Waals surface area contributed by atoms with Crippen molar-refractivity contribution < 1.29 is 4.74 Å². The number of allylic oxidation sites excluding steroid dienone is 1. The molecule has 0 aliphatic carbocycles. The zero-order valence-electron chi connectivity index (χ0n) is 10.4. The first-order valence-electron chi connectivity index (χ1n) is 5.65. The van der Waals surface area contributed by atoms with Crippen molar-refractivity contribution in [1.82, 2.24) is 5.32 Å². The molecule has 1 N–H and O–H groups in total. The lowest BCUT2D eigenvalue weighted by molar-refractivity contribution is 0.410. The minimum absolute atomic E-state index is 0.368. The molecule has 0 saturated carbocycles. The maximum Gasteiger partial charge on any atom is 0.122 e. The minimum atomic E-state index is 0.368. The van der Waals surface area contributed by atoms with E-state index in [0.717, 1.165) is 18.6 Å². The SMILES string of the molecule is C=CCCC(NC)c1ccc(C)c(OC)c1. The molecule has 0 spiro atoms. The van der Waals surface area contributed by atoms with E-state index in [1.807, 2.05) is 13.1 Å². The quantitative estimate of drug-likeness (QED) is 0.742. The topological polar surface area (TPSA) is 21.3 Å². The van der Waals surface area contributed by atoms with Crippen LogP contribution in [0.15, 0.2) is 30.9 Å². The number of hydrogen-bond donors (Lipinski definition) is 1. The number of benzene rings is 1. The lowest BCUT2D eigenvalue weighted by Crippen LogP contribution is -2.16. The predicted octanol–water partition coefficient (Wildman–Crippen LogP) is 3.23. The third kappa shape index (κ3) is 3.11. The van der Waals surface area contributed by atoms with E-state index in [2.05, 4.69) is 37.0 Å². The van der Waals surface area contributed by atoms with Crippen LogP contribution >= 0.6 is 0 Å². The molecule has 1 aromatic carbocycles. The van der Waals surface area contributed by atoms with Crippen molar-refractivity contribution in [3.63, 3.8) is 0 Å². The van der Waals surface area contributed by atoms with Gasteiger partial charge in [0.05, 0.1) is 7.11 Å². The van der Waals surface area contributed by atoms with Crippen molar-refractivity contribution in [3.05, 3.63) is 42.0 Å². The molecule has 0 bridgehead atoms. The number of nitrogens with one attached hydrogen (secondary N) is 1. The maximum atomic E-state index is 5.34. The van der Waals surface area contributed by atoms with Gasteiger partial charge in [0.15, 0.2) is 0 Å². The molecule has 2 heteroatoms. The van der Waals surface area contributed by atoms with Gasteiger partial charge >= 0.3 is 0 Å².